The standard InChI is InChI=1S/C23H19Cl2F2N3S2/c1-11(2)31-22-21(14-5-6-18(24)19(25)9-14)28-23(32-22)30-13(4)20(12(3)29-30)15-7-16(26)10-17(27)8-15/h5-11H,1-4H3. The van der Waals surface area contributed by atoms with Crippen LogP contribution in [0, 0.1) is 25.5 Å². The van der Waals surface area contributed by atoms with Crippen LogP contribution >= 0.6 is 46.3 Å². The van der Waals surface area contributed by atoms with Crippen LogP contribution in [0.15, 0.2) is 40.6 Å². The summed E-state index contributed by atoms with van der Waals surface area (Å²) in [7, 11) is 0. The highest BCUT2D eigenvalue weighted by atomic mass is 35.5. The lowest BCUT2D eigenvalue weighted by Crippen LogP contribution is -1.98. The van der Waals surface area contributed by atoms with Gasteiger partial charge in [-0.3, -0.25) is 0 Å². The number of thioether (sulfide) groups is 1. The number of hydrogen-bond donors (Lipinski definition) is 0. The second-order valence-corrected chi connectivity index (χ2v) is 11.2. The van der Waals surface area contributed by atoms with Crippen LogP contribution in [0.5, 0.6) is 0 Å². The fraction of sp³-hybridized carbons (Fsp3) is 0.217. The van der Waals surface area contributed by atoms with Gasteiger partial charge >= 0.3 is 0 Å². The molecule has 0 N–H and O–H groups in total. The summed E-state index contributed by atoms with van der Waals surface area (Å²) in [4.78, 5) is 4.87. The Morgan fingerprint density at radius 3 is 2.28 bits per heavy atom. The highest BCUT2D eigenvalue weighted by Gasteiger charge is 2.22. The van der Waals surface area contributed by atoms with Gasteiger partial charge in [0, 0.05) is 22.4 Å². The molecule has 2 aromatic carbocycles. The summed E-state index contributed by atoms with van der Waals surface area (Å²) >= 11 is 15.6. The van der Waals surface area contributed by atoms with Gasteiger partial charge in [0.15, 0.2) is 0 Å². The van der Waals surface area contributed by atoms with E-state index in [4.69, 9.17) is 28.2 Å². The topological polar surface area (TPSA) is 30.7 Å². The maximum atomic E-state index is 13.8. The van der Waals surface area contributed by atoms with Gasteiger partial charge in [0.1, 0.15) is 11.6 Å². The molecule has 0 saturated heterocycles. The van der Waals surface area contributed by atoms with E-state index in [-0.39, 0.29) is 0 Å². The van der Waals surface area contributed by atoms with E-state index in [0.29, 0.717) is 37.2 Å². The van der Waals surface area contributed by atoms with Crippen LogP contribution in [0.25, 0.3) is 27.5 Å². The Kier molecular flexibility index (Phi) is 6.63. The molecule has 166 valence electrons. The van der Waals surface area contributed by atoms with Gasteiger partial charge in [-0.05, 0) is 43.7 Å². The summed E-state index contributed by atoms with van der Waals surface area (Å²) in [5.41, 5.74) is 4.21. The van der Waals surface area contributed by atoms with Crippen molar-refractivity contribution in [3.8, 4) is 27.5 Å². The largest absolute Gasteiger partial charge is 0.217 e. The van der Waals surface area contributed by atoms with Crippen LogP contribution in [0.1, 0.15) is 25.2 Å². The molecule has 0 radical (unpaired) electrons. The Morgan fingerprint density at radius 2 is 1.66 bits per heavy atom. The van der Waals surface area contributed by atoms with Gasteiger partial charge in [-0.1, -0.05) is 54.5 Å². The fourth-order valence-electron chi connectivity index (χ4n) is 3.45. The normalized spacial score (nSPS) is 11.5. The number of hydrogen-bond acceptors (Lipinski definition) is 4. The number of benzene rings is 2. The minimum absolute atomic E-state index is 0.344. The first kappa shape index (κ1) is 23.2. The molecular formula is C23H19Cl2F2N3S2. The third-order valence-electron chi connectivity index (χ3n) is 4.74. The summed E-state index contributed by atoms with van der Waals surface area (Å²) in [6, 6.07) is 8.93. The molecule has 0 fully saturated rings. The maximum absolute atomic E-state index is 13.8. The smallest absolute Gasteiger partial charge is 0.212 e. The lowest BCUT2D eigenvalue weighted by Gasteiger charge is -2.05. The minimum Gasteiger partial charge on any atom is -0.217 e. The molecule has 0 bridgehead atoms. The number of aromatic nitrogens is 3. The molecule has 0 amide bonds. The first-order valence-corrected chi connectivity index (χ1v) is 12.2. The molecule has 0 aliphatic heterocycles. The van der Waals surface area contributed by atoms with Crippen molar-refractivity contribution in [1.29, 1.82) is 0 Å². The lowest BCUT2D eigenvalue weighted by atomic mass is 10.0. The summed E-state index contributed by atoms with van der Waals surface area (Å²) in [5, 5.41) is 6.59. The highest BCUT2D eigenvalue weighted by Crippen LogP contribution is 2.41. The van der Waals surface area contributed by atoms with E-state index in [0.717, 1.165) is 27.2 Å². The molecule has 4 rings (SSSR count). The number of thiazole rings is 1. The predicted molar refractivity (Wildman–Crippen MR) is 131 cm³/mol. The van der Waals surface area contributed by atoms with Crippen LogP contribution < -0.4 is 0 Å². The van der Waals surface area contributed by atoms with Crippen LogP contribution in [-0.4, -0.2) is 20.0 Å². The predicted octanol–water partition coefficient (Wildman–Crippen LogP) is 8.37. The monoisotopic (exact) mass is 509 g/mol. The van der Waals surface area contributed by atoms with Gasteiger partial charge in [0.2, 0.25) is 5.13 Å². The first-order valence-electron chi connectivity index (χ1n) is 9.80. The van der Waals surface area contributed by atoms with E-state index in [1.165, 1.54) is 23.5 Å². The SMILES string of the molecule is Cc1nn(-c2nc(-c3ccc(Cl)c(Cl)c3)c(SC(C)C)s2)c(C)c1-c1cc(F)cc(F)c1. The highest BCUT2D eigenvalue weighted by molar-refractivity contribution is 8.01. The fourth-order valence-corrected chi connectivity index (χ4v) is 6.27. The quantitative estimate of drug-likeness (QED) is 0.253. The van der Waals surface area contributed by atoms with E-state index in [9.17, 15) is 8.78 Å². The first-order chi connectivity index (χ1) is 15.1. The molecule has 9 heteroatoms. The van der Waals surface area contributed by atoms with Crippen LogP contribution in [0.2, 0.25) is 10.0 Å². The Hall–Kier alpha value is -1.93. The minimum atomic E-state index is -0.627. The van der Waals surface area contributed by atoms with E-state index < -0.39 is 11.6 Å². The average Bonchev–Trinajstić information content (AvgIpc) is 3.23. The molecule has 0 saturated carbocycles. The zero-order valence-electron chi connectivity index (χ0n) is 17.7. The van der Waals surface area contributed by atoms with Crippen molar-refractivity contribution in [2.24, 2.45) is 0 Å². The summed E-state index contributed by atoms with van der Waals surface area (Å²) < 4.78 is 30.4. The number of rotatable bonds is 5. The van der Waals surface area contributed by atoms with E-state index in [1.54, 1.807) is 28.6 Å². The molecule has 0 spiro atoms. The number of aryl methyl sites for hydroxylation is 1. The van der Waals surface area contributed by atoms with E-state index >= 15 is 0 Å². The van der Waals surface area contributed by atoms with Gasteiger partial charge in [0.25, 0.3) is 0 Å². The molecule has 0 aliphatic rings. The van der Waals surface area contributed by atoms with Gasteiger partial charge < -0.3 is 0 Å². The number of halogens is 4. The Morgan fingerprint density at radius 1 is 0.969 bits per heavy atom. The van der Waals surface area contributed by atoms with Crippen molar-refractivity contribution in [3.63, 3.8) is 0 Å². The van der Waals surface area contributed by atoms with Crippen molar-refractivity contribution in [3.05, 3.63) is 69.5 Å². The third-order valence-corrected chi connectivity index (χ3v) is 7.73. The molecule has 2 heterocycles. The Bertz CT molecular complexity index is 1290. The van der Waals surface area contributed by atoms with E-state index in [2.05, 4.69) is 18.9 Å². The van der Waals surface area contributed by atoms with Crippen molar-refractivity contribution in [2.75, 3.05) is 0 Å². The Labute approximate surface area is 203 Å². The third kappa shape index (κ3) is 4.57. The molecule has 2 aromatic heterocycles. The van der Waals surface area contributed by atoms with Gasteiger partial charge in [-0.25, -0.2) is 18.4 Å². The molecule has 4 aromatic rings. The van der Waals surface area contributed by atoms with Crippen molar-refractivity contribution >= 4 is 46.3 Å². The molecular weight excluding hydrogens is 491 g/mol. The zero-order chi connectivity index (χ0) is 23.2. The average molecular weight is 510 g/mol. The second kappa shape index (κ2) is 9.14. The van der Waals surface area contributed by atoms with Crippen LogP contribution in [0.4, 0.5) is 8.78 Å². The van der Waals surface area contributed by atoms with Gasteiger partial charge in [0.05, 0.1) is 31.3 Å². The summed E-state index contributed by atoms with van der Waals surface area (Å²) in [5.74, 6) is -1.25. The van der Waals surface area contributed by atoms with Crippen molar-refractivity contribution in [1.82, 2.24) is 14.8 Å². The number of nitrogens with zero attached hydrogens (tertiary/aromatic N) is 3. The molecule has 0 aliphatic carbocycles. The summed E-state index contributed by atoms with van der Waals surface area (Å²) in [6.07, 6.45) is 0. The van der Waals surface area contributed by atoms with Gasteiger partial charge in [-0.2, -0.15) is 5.10 Å². The van der Waals surface area contributed by atoms with Crippen molar-refractivity contribution < 1.29 is 8.78 Å². The Balaban J connectivity index is 1.85. The van der Waals surface area contributed by atoms with Crippen molar-refractivity contribution in [2.45, 2.75) is 37.2 Å². The molecule has 0 atom stereocenters. The van der Waals surface area contributed by atoms with Crippen LogP contribution in [0.3, 0.4) is 0 Å². The molecule has 3 nitrogen and oxygen atoms in total. The van der Waals surface area contributed by atoms with Crippen LogP contribution in [-0.2, 0) is 0 Å². The van der Waals surface area contributed by atoms with E-state index in [1.807, 2.05) is 19.9 Å². The molecule has 0 unspecified atom stereocenters. The second-order valence-electron chi connectivity index (χ2n) is 7.54. The zero-order valence-corrected chi connectivity index (χ0v) is 20.9. The lowest BCUT2D eigenvalue weighted by molar-refractivity contribution is 0.584. The van der Waals surface area contributed by atoms with Gasteiger partial charge in [-0.15, -0.1) is 11.8 Å². The maximum Gasteiger partial charge on any atom is 0.212 e. The summed E-state index contributed by atoms with van der Waals surface area (Å²) in [6.45, 7) is 7.91. The molecule has 32 heavy (non-hydrogen) atoms.